The predicted molar refractivity (Wildman–Crippen MR) is 72.0 cm³/mol. The van der Waals surface area contributed by atoms with Crippen molar-refractivity contribution < 1.29 is 13.2 Å². The Bertz CT molecular complexity index is 612. The molecule has 1 aliphatic rings. The Kier molecular flexibility index (Phi) is 3.95. The van der Waals surface area contributed by atoms with Gasteiger partial charge in [-0.3, -0.25) is 4.68 Å². The maximum absolute atomic E-state index is 12.7. The lowest BCUT2D eigenvalue weighted by atomic mass is 9.98. The number of alkyl halides is 3. The zero-order valence-electron chi connectivity index (χ0n) is 11.7. The molecule has 2 aromatic heterocycles. The van der Waals surface area contributed by atoms with Crippen LogP contribution in [0.25, 0.3) is 0 Å². The highest BCUT2D eigenvalue weighted by Gasteiger charge is 2.33. The average molecular weight is 312 g/mol. The van der Waals surface area contributed by atoms with Crippen molar-refractivity contribution in [2.75, 3.05) is 18.0 Å². The normalized spacial score (nSPS) is 19.4. The fourth-order valence-electron chi connectivity index (χ4n) is 2.65. The van der Waals surface area contributed by atoms with Gasteiger partial charge in [-0.1, -0.05) is 0 Å². The van der Waals surface area contributed by atoms with Gasteiger partial charge in [0.2, 0.25) is 5.95 Å². The molecule has 2 aromatic rings. The van der Waals surface area contributed by atoms with E-state index in [9.17, 15) is 13.2 Å². The highest BCUT2D eigenvalue weighted by molar-refractivity contribution is 5.31. The van der Waals surface area contributed by atoms with Crippen LogP contribution < -0.4 is 4.90 Å². The second-order valence-corrected chi connectivity index (χ2v) is 5.31. The van der Waals surface area contributed by atoms with Gasteiger partial charge in [0.1, 0.15) is 18.3 Å². The van der Waals surface area contributed by atoms with E-state index in [0.29, 0.717) is 19.6 Å². The quantitative estimate of drug-likeness (QED) is 0.867. The molecule has 118 valence electrons. The molecule has 3 heterocycles. The van der Waals surface area contributed by atoms with E-state index in [0.717, 1.165) is 25.1 Å². The van der Waals surface area contributed by atoms with Crippen molar-refractivity contribution in [2.45, 2.75) is 25.6 Å². The Labute approximate surface area is 125 Å². The Hall–Kier alpha value is -2.19. The van der Waals surface area contributed by atoms with Crippen molar-refractivity contribution in [3.05, 3.63) is 30.6 Å². The Balaban J connectivity index is 1.72. The molecular weight excluding hydrogens is 297 g/mol. The third-order valence-electron chi connectivity index (χ3n) is 3.65. The number of halogens is 3. The first kappa shape index (κ1) is 14.7. The van der Waals surface area contributed by atoms with Gasteiger partial charge in [-0.2, -0.15) is 18.3 Å². The minimum atomic E-state index is -4.45. The smallest absolute Gasteiger partial charge is 0.340 e. The van der Waals surface area contributed by atoms with Crippen LogP contribution in [0.1, 0.15) is 18.5 Å². The second-order valence-electron chi connectivity index (χ2n) is 5.31. The minimum Gasteiger partial charge on any atom is -0.340 e. The summed E-state index contributed by atoms with van der Waals surface area (Å²) in [6.07, 6.45) is 1.70. The molecule has 3 rings (SSSR count). The van der Waals surface area contributed by atoms with Crippen LogP contribution in [0.5, 0.6) is 0 Å². The van der Waals surface area contributed by atoms with E-state index in [4.69, 9.17) is 0 Å². The molecule has 1 saturated heterocycles. The van der Waals surface area contributed by atoms with Gasteiger partial charge in [0.05, 0.1) is 0 Å². The molecule has 0 bridgehead atoms. The zero-order valence-corrected chi connectivity index (χ0v) is 11.7. The highest BCUT2D eigenvalue weighted by atomic mass is 19.4. The van der Waals surface area contributed by atoms with Crippen molar-refractivity contribution in [1.29, 1.82) is 0 Å². The largest absolute Gasteiger partial charge is 0.433 e. The summed E-state index contributed by atoms with van der Waals surface area (Å²) in [6.45, 7) is 1.96. The van der Waals surface area contributed by atoms with Crippen LogP contribution in [0, 0.1) is 5.92 Å². The van der Waals surface area contributed by atoms with Gasteiger partial charge in [0, 0.05) is 25.8 Å². The zero-order chi connectivity index (χ0) is 15.6. The summed E-state index contributed by atoms with van der Waals surface area (Å²) in [7, 11) is 0. The van der Waals surface area contributed by atoms with Gasteiger partial charge in [-0.05, 0) is 24.8 Å². The van der Waals surface area contributed by atoms with Crippen molar-refractivity contribution >= 4 is 5.95 Å². The third-order valence-corrected chi connectivity index (χ3v) is 3.65. The van der Waals surface area contributed by atoms with Gasteiger partial charge < -0.3 is 4.90 Å². The molecule has 1 atom stereocenters. The maximum Gasteiger partial charge on any atom is 0.433 e. The van der Waals surface area contributed by atoms with E-state index in [2.05, 4.69) is 20.1 Å². The van der Waals surface area contributed by atoms with Crippen LogP contribution in [-0.2, 0) is 12.7 Å². The van der Waals surface area contributed by atoms with Crippen molar-refractivity contribution in [3.63, 3.8) is 0 Å². The summed E-state index contributed by atoms with van der Waals surface area (Å²) in [5.41, 5.74) is -0.907. The van der Waals surface area contributed by atoms with Gasteiger partial charge in [-0.15, -0.1) is 0 Å². The van der Waals surface area contributed by atoms with E-state index in [1.165, 1.54) is 6.33 Å². The molecule has 1 unspecified atom stereocenters. The van der Waals surface area contributed by atoms with E-state index in [-0.39, 0.29) is 11.9 Å². The summed E-state index contributed by atoms with van der Waals surface area (Å²) in [5, 5.41) is 4.06. The Morgan fingerprint density at radius 2 is 2.18 bits per heavy atom. The van der Waals surface area contributed by atoms with Crippen LogP contribution in [0.15, 0.2) is 24.9 Å². The molecule has 0 aliphatic carbocycles. The Morgan fingerprint density at radius 3 is 2.91 bits per heavy atom. The first-order chi connectivity index (χ1) is 10.5. The van der Waals surface area contributed by atoms with E-state index >= 15 is 0 Å². The lowest BCUT2D eigenvalue weighted by Gasteiger charge is -2.32. The summed E-state index contributed by atoms with van der Waals surface area (Å²) >= 11 is 0. The number of aromatic nitrogens is 5. The molecule has 0 aromatic carbocycles. The van der Waals surface area contributed by atoms with Crippen molar-refractivity contribution in [2.24, 2.45) is 5.92 Å². The van der Waals surface area contributed by atoms with Gasteiger partial charge in [0.15, 0.2) is 0 Å². The standard InChI is InChI=1S/C13H15F3N6/c14-13(15,16)11-3-4-18-12(20-11)21-5-1-2-10(6-21)7-22-9-17-8-19-22/h3-4,8-10H,1-2,5-7H2. The summed E-state index contributed by atoms with van der Waals surface area (Å²) in [4.78, 5) is 13.3. The van der Waals surface area contributed by atoms with Crippen LogP contribution >= 0.6 is 0 Å². The monoisotopic (exact) mass is 312 g/mol. The number of hydrogen-bond donors (Lipinski definition) is 0. The van der Waals surface area contributed by atoms with Crippen molar-refractivity contribution in [3.8, 4) is 0 Å². The summed E-state index contributed by atoms with van der Waals surface area (Å²) in [5.74, 6) is 0.423. The van der Waals surface area contributed by atoms with Crippen LogP contribution in [-0.4, -0.2) is 37.8 Å². The lowest BCUT2D eigenvalue weighted by molar-refractivity contribution is -0.141. The number of rotatable bonds is 3. The number of nitrogens with zero attached hydrogens (tertiary/aromatic N) is 6. The maximum atomic E-state index is 12.7. The van der Waals surface area contributed by atoms with Crippen LogP contribution in [0.3, 0.4) is 0 Å². The average Bonchev–Trinajstić information content (AvgIpc) is 3.00. The first-order valence-corrected chi connectivity index (χ1v) is 7.00. The molecule has 6 nitrogen and oxygen atoms in total. The SMILES string of the molecule is FC(F)(F)c1ccnc(N2CCCC(Cn3cncn3)C2)n1. The summed E-state index contributed by atoms with van der Waals surface area (Å²) in [6, 6.07) is 0.889. The topological polar surface area (TPSA) is 59.7 Å². The molecule has 0 N–H and O–H groups in total. The molecule has 1 aliphatic heterocycles. The lowest BCUT2D eigenvalue weighted by Crippen LogP contribution is -2.38. The molecule has 0 saturated carbocycles. The fourth-order valence-corrected chi connectivity index (χ4v) is 2.65. The fraction of sp³-hybridized carbons (Fsp3) is 0.538. The number of hydrogen-bond acceptors (Lipinski definition) is 5. The van der Waals surface area contributed by atoms with Gasteiger partial charge in [0.25, 0.3) is 0 Å². The second kappa shape index (κ2) is 5.90. The number of anilines is 1. The molecular formula is C13H15F3N6. The van der Waals surface area contributed by atoms with E-state index in [1.54, 1.807) is 15.9 Å². The molecule has 1 fully saturated rings. The van der Waals surface area contributed by atoms with Gasteiger partial charge >= 0.3 is 6.18 Å². The molecule has 9 heteroatoms. The van der Waals surface area contributed by atoms with E-state index in [1.807, 2.05) is 0 Å². The van der Waals surface area contributed by atoms with Crippen LogP contribution in [0.4, 0.5) is 19.1 Å². The first-order valence-electron chi connectivity index (χ1n) is 7.00. The minimum absolute atomic E-state index is 0.137. The van der Waals surface area contributed by atoms with Crippen molar-refractivity contribution in [1.82, 2.24) is 24.7 Å². The third kappa shape index (κ3) is 3.34. The molecule has 0 amide bonds. The number of piperidine rings is 1. The summed E-state index contributed by atoms with van der Waals surface area (Å²) < 4.78 is 39.9. The Morgan fingerprint density at radius 1 is 1.32 bits per heavy atom. The van der Waals surface area contributed by atoms with E-state index < -0.39 is 11.9 Å². The van der Waals surface area contributed by atoms with Gasteiger partial charge in [-0.25, -0.2) is 15.0 Å². The molecule has 0 radical (unpaired) electrons. The highest BCUT2D eigenvalue weighted by Crippen LogP contribution is 2.29. The molecule has 0 spiro atoms. The van der Waals surface area contributed by atoms with Crippen LogP contribution in [0.2, 0.25) is 0 Å². The predicted octanol–water partition coefficient (Wildman–Crippen LogP) is 2.00. The molecule has 22 heavy (non-hydrogen) atoms.